The summed E-state index contributed by atoms with van der Waals surface area (Å²) in [5, 5.41) is 18.9. The Bertz CT molecular complexity index is 1090. The Morgan fingerprint density at radius 3 is 2.61 bits per heavy atom. The molecule has 0 saturated heterocycles. The molecule has 0 aliphatic heterocycles. The number of aromatic nitrogens is 2. The quantitative estimate of drug-likeness (QED) is 0.351. The second-order valence-electron chi connectivity index (χ2n) is 5.64. The number of hydrogen-bond acceptors (Lipinski definition) is 4. The molecule has 28 heavy (non-hydrogen) atoms. The van der Waals surface area contributed by atoms with E-state index in [0.29, 0.717) is 21.1 Å². The smallest absolute Gasteiger partial charge is 0.288 e. The zero-order chi connectivity index (χ0) is 20.4. The highest BCUT2D eigenvalue weighted by Crippen LogP contribution is 2.27. The molecular weight excluding hydrogens is 494 g/mol. The van der Waals surface area contributed by atoms with Crippen LogP contribution in [0.1, 0.15) is 15.9 Å². The number of amides is 1. The normalized spacial score (nSPS) is 10.7. The van der Waals surface area contributed by atoms with Gasteiger partial charge in [-0.25, -0.2) is 0 Å². The largest absolute Gasteiger partial charge is 0.304 e. The molecule has 0 aliphatic rings. The summed E-state index contributed by atoms with van der Waals surface area (Å²) in [6.45, 7) is 0.358. The van der Waals surface area contributed by atoms with Crippen molar-refractivity contribution in [3.05, 3.63) is 83.4 Å². The minimum absolute atomic E-state index is 0.0492. The Kier molecular flexibility index (Phi) is 6.24. The van der Waals surface area contributed by atoms with Gasteiger partial charge in [-0.1, -0.05) is 40.9 Å². The first-order chi connectivity index (χ1) is 13.2. The first-order valence-electron chi connectivity index (χ1n) is 7.67. The molecule has 11 heteroatoms. The Balaban J connectivity index is 1.79. The molecule has 0 unspecified atom stereocenters. The van der Waals surface area contributed by atoms with Crippen molar-refractivity contribution in [1.29, 1.82) is 0 Å². The predicted octanol–water partition coefficient (Wildman–Crippen LogP) is 5.81. The van der Waals surface area contributed by atoms with Crippen molar-refractivity contribution in [2.45, 2.75) is 6.54 Å². The zero-order valence-corrected chi connectivity index (χ0v) is 17.7. The molecule has 0 spiro atoms. The highest BCUT2D eigenvalue weighted by atomic mass is 79.9. The van der Waals surface area contributed by atoms with Gasteiger partial charge in [-0.05, 0) is 45.8 Å². The molecule has 1 aromatic heterocycles. The summed E-state index contributed by atoms with van der Waals surface area (Å²) in [6.07, 6.45) is 1.67. The number of nitrogens with one attached hydrogen (secondary N) is 1. The SMILES string of the molecule is O=C(Nc1nn(Cc2ccc(Cl)cc2Cl)cc1Br)c1ccc(Cl)c([N+](=O)[O-])c1. The predicted molar refractivity (Wildman–Crippen MR) is 112 cm³/mol. The molecule has 7 nitrogen and oxygen atoms in total. The van der Waals surface area contributed by atoms with E-state index < -0.39 is 10.8 Å². The molecule has 0 fully saturated rings. The van der Waals surface area contributed by atoms with Crippen LogP contribution in [0.25, 0.3) is 0 Å². The molecule has 0 radical (unpaired) electrons. The van der Waals surface area contributed by atoms with Crippen LogP contribution >= 0.6 is 50.7 Å². The first kappa shape index (κ1) is 20.6. The topological polar surface area (TPSA) is 90.1 Å². The lowest BCUT2D eigenvalue weighted by Gasteiger charge is -2.05. The Morgan fingerprint density at radius 2 is 1.93 bits per heavy atom. The van der Waals surface area contributed by atoms with Gasteiger partial charge >= 0.3 is 0 Å². The van der Waals surface area contributed by atoms with Crippen molar-refractivity contribution in [2.75, 3.05) is 5.32 Å². The van der Waals surface area contributed by atoms with E-state index in [4.69, 9.17) is 34.8 Å². The van der Waals surface area contributed by atoms with Gasteiger partial charge in [-0.2, -0.15) is 5.10 Å². The number of halogens is 4. The molecule has 1 heterocycles. The Hall–Kier alpha value is -2.13. The average Bonchev–Trinajstić information content (AvgIpc) is 2.96. The fourth-order valence-electron chi connectivity index (χ4n) is 2.36. The van der Waals surface area contributed by atoms with Crippen molar-refractivity contribution in [3.63, 3.8) is 0 Å². The van der Waals surface area contributed by atoms with E-state index in [1.54, 1.807) is 29.1 Å². The minimum Gasteiger partial charge on any atom is -0.304 e. The van der Waals surface area contributed by atoms with Gasteiger partial charge in [-0.15, -0.1) is 0 Å². The van der Waals surface area contributed by atoms with Gasteiger partial charge in [-0.3, -0.25) is 19.6 Å². The molecule has 0 atom stereocenters. The number of carbonyl (C=O) groups is 1. The number of nitrogens with zero attached hydrogens (tertiary/aromatic N) is 3. The van der Waals surface area contributed by atoms with Gasteiger partial charge in [0, 0.05) is 27.9 Å². The van der Waals surface area contributed by atoms with Gasteiger partial charge in [0.05, 0.1) is 15.9 Å². The standard InChI is InChI=1S/C17H10BrCl3N4O3/c18-12-8-24(7-10-1-3-11(19)6-14(10)21)23-16(12)22-17(26)9-2-4-13(20)15(5-9)25(27)28/h1-6,8H,7H2,(H,22,23,26). The number of hydrogen-bond donors (Lipinski definition) is 1. The lowest BCUT2D eigenvalue weighted by Crippen LogP contribution is -2.13. The third kappa shape index (κ3) is 4.64. The third-order valence-corrected chi connectivity index (χ3v) is 5.19. The second kappa shape index (κ2) is 8.48. The molecule has 0 bridgehead atoms. The fourth-order valence-corrected chi connectivity index (χ4v) is 3.43. The van der Waals surface area contributed by atoms with E-state index in [9.17, 15) is 14.9 Å². The average molecular weight is 505 g/mol. The number of benzene rings is 2. The molecule has 1 amide bonds. The van der Waals surface area contributed by atoms with Gasteiger partial charge in [0.2, 0.25) is 0 Å². The van der Waals surface area contributed by atoms with Crippen molar-refractivity contribution >= 4 is 68.1 Å². The van der Waals surface area contributed by atoms with E-state index >= 15 is 0 Å². The maximum atomic E-state index is 12.4. The number of rotatable bonds is 5. The van der Waals surface area contributed by atoms with Crippen molar-refractivity contribution < 1.29 is 9.72 Å². The zero-order valence-electron chi connectivity index (χ0n) is 13.8. The molecule has 0 saturated carbocycles. The van der Waals surface area contributed by atoms with Crippen LogP contribution in [0.2, 0.25) is 15.1 Å². The number of nitro benzene ring substituents is 1. The molecule has 3 aromatic rings. The Morgan fingerprint density at radius 1 is 1.18 bits per heavy atom. The summed E-state index contributed by atoms with van der Waals surface area (Å²) in [4.78, 5) is 22.8. The van der Waals surface area contributed by atoms with E-state index in [1.165, 1.54) is 12.1 Å². The molecule has 1 N–H and O–H groups in total. The summed E-state index contributed by atoms with van der Waals surface area (Å²) >= 11 is 21.2. The van der Waals surface area contributed by atoms with Crippen LogP contribution in [-0.4, -0.2) is 20.6 Å². The summed E-state index contributed by atoms with van der Waals surface area (Å²) in [7, 11) is 0. The maximum absolute atomic E-state index is 12.4. The van der Waals surface area contributed by atoms with Crippen LogP contribution in [0.3, 0.4) is 0 Å². The van der Waals surface area contributed by atoms with E-state index in [-0.39, 0.29) is 22.1 Å². The van der Waals surface area contributed by atoms with E-state index in [2.05, 4.69) is 26.3 Å². The van der Waals surface area contributed by atoms with Gasteiger partial charge in [0.15, 0.2) is 5.82 Å². The summed E-state index contributed by atoms with van der Waals surface area (Å²) in [5.41, 5.74) is 0.529. The van der Waals surface area contributed by atoms with Gasteiger partial charge in [0.1, 0.15) is 5.02 Å². The van der Waals surface area contributed by atoms with Crippen molar-refractivity contribution in [2.24, 2.45) is 0 Å². The first-order valence-corrected chi connectivity index (χ1v) is 9.59. The van der Waals surface area contributed by atoms with Crippen molar-refractivity contribution in [1.82, 2.24) is 9.78 Å². The number of nitro groups is 1. The highest BCUT2D eigenvalue weighted by Gasteiger charge is 2.18. The summed E-state index contributed by atoms with van der Waals surface area (Å²) in [5.74, 6) is -0.303. The van der Waals surface area contributed by atoms with Crippen LogP contribution in [0.15, 0.2) is 47.1 Å². The lowest BCUT2D eigenvalue weighted by molar-refractivity contribution is -0.384. The summed E-state index contributed by atoms with van der Waals surface area (Å²) in [6, 6.07) is 8.93. The third-order valence-electron chi connectivity index (χ3n) is 3.70. The molecule has 144 valence electrons. The molecule has 0 aliphatic carbocycles. The number of carbonyl (C=O) groups excluding carboxylic acids is 1. The number of anilines is 1. The van der Waals surface area contributed by atoms with E-state index in [1.807, 2.05) is 0 Å². The molecule has 2 aromatic carbocycles. The second-order valence-corrected chi connectivity index (χ2v) is 7.74. The molecular formula is C17H10BrCl3N4O3. The van der Waals surface area contributed by atoms with Crippen LogP contribution in [0.5, 0.6) is 0 Å². The van der Waals surface area contributed by atoms with Gasteiger partial charge < -0.3 is 5.32 Å². The lowest BCUT2D eigenvalue weighted by atomic mass is 10.2. The van der Waals surface area contributed by atoms with Crippen LogP contribution in [0.4, 0.5) is 11.5 Å². The van der Waals surface area contributed by atoms with Crippen molar-refractivity contribution in [3.8, 4) is 0 Å². The van der Waals surface area contributed by atoms with Gasteiger partial charge in [0.25, 0.3) is 11.6 Å². The summed E-state index contributed by atoms with van der Waals surface area (Å²) < 4.78 is 2.12. The van der Waals surface area contributed by atoms with Crippen LogP contribution < -0.4 is 5.32 Å². The molecule has 3 rings (SSSR count). The minimum atomic E-state index is -0.653. The maximum Gasteiger partial charge on any atom is 0.288 e. The Labute approximate surface area is 182 Å². The van der Waals surface area contributed by atoms with E-state index in [0.717, 1.165) is 11.6 Å². The fraction of sp³-hybridized carbons (Fsp3) is 0.0588. The van der Waals surface area contributed by atoms with Crippen LogP contribution in [0, 0.1) is 10.1 Å². The highest BCUT2D eigenvalue weighted by molar-refractivity contribution is 9.10. The monoisotopic (exact) mass is 502 g/mol. The van der Waals surface area contributed by atoms with Crippen LogP contribution in [-0.2, 0) is 6.54 Å².